The van der Waals surface area contributed by atoms with Crippen molar-refractivity contribution >= 4 is 79.7 Å². The van der Waals surface area contributed by atoms with E-state index in [9.17, 15) is 21.6 Å². The average Bonchev–Trinajstić information content (AvgIpc) is 3.61. The van der Waals surface area contributed by atoms with E-state index in [0.29, 0.717) is 64.3 Å². The molecule has 0 radical (unpaired) electrons. The van der Waals surface area contributed by atoms with Crippen molar-refractivity contribution in [1.29, 1.82) is 0 Å². The van der Waals surface area contributed by atoms with Gasteiger partial charge in [-0.15, -0.1) is 11.8 Å². The molecule has 3 N–H and O–H groups in total. The molecule has 2 heterocycles. The third-order valence-electron chi connectivity index (χ3n) is 10.2. The fraction of sp³-hybridized carbons (Fsp3) is 0.306. The highest BCUT2D eigenvalue weighted by molar-refractivity contribution is 8.01. The number of benzene rings is 5. The van der Waals surface area contributed by atoms with Crippen molar-refractivity contribution in [1.82, 2.24) is 4.57 Å². The van der Waals surface area contributed by atoms with Gasteiger partial charge in [-0.1, -0.05) is 62.7 Å². The quantitative estimate of drug-likeness (QED) is 0.0509. The highest BCUT2D eigenvalue weighted by atomic mass is 35.5. The monoisotopic (exact) mass is 985 g/mol. The fourth-order valence-corrected chi connectivity index (χ4v) is 11.0. The first-order valence-corrected chi connectivity index (χ1v) is 26.2. The van der Waals surface area contributed by atoms with Crippen molar-refractivity contribution in [2.24, 2.45) is 0 Å². The van der Waals surface area contributed by atoms with Gasteiger partial charge in [0.15, 0.2) is 9.84 Å². The van der Waals surface area contributed by atoms with E-state index in [2.05, 4.69) is 51.8 Å². The van der Waals surface area contributed by atoms with Gasteiger partial charge in [0.2, 0.25) is 0 Å². The summed E-state index contributed by atoms with van der Waals surface area (Å²) in [6.07, 6.45) is 2.44. The summed E-state index contributed by atoms with van der Waals surface area (Å²) >= 11 is 9.09. The Bertz CT molecular complexity index is 2590. The molecular formula is C49H56ClF4N5O2S4. The zero-order valence-corrected chi connectivity index (χ0v) is 41.6. The molecule has 1 saturated heterocycles. The number of thioether (sulfide) groups is 2. The van der Waals surface area contributed by atoms with Crippen LogP contribution in [-0.2, 0) is 9.84 Å². The van der Waals surface area contributed by atoms with Crippen LogP contribution in [0, 0.1) is 12.7 Å². The SMILES string of the molecule is CC.CCCSc1ccccc1.Cc1c(S(C)(=O)=O)c(-c2cc(F)cc(N3CCN(c4ccc(NSc5ccc(N)c(SC(F)(F)F)c5)cc4)CC3)c2)c(-c2ccc(Cl)cc2)n1C(C)C. The summed E-state index contributed by atoms with van der Waals surface area (Å²) in [5.41, 5.74) is 6.79. The maximum atomic E-state index is 15.5. The van der Waals surface area contributed by atoms with E-state index >= 15 is 4.39 Å². The van der Waals surface area contributed by atoms with Crippen LogP contribution in [0.25, 0.3) is 22.4 Å². The molecule has 0 saturated carbocycles. The van der Waals surface area contributed by atoms with E-state index in [1.165, 1.54) is 59.5 Å². The van der Waals surface area contributed by atoms with Gasteiger partial charge in [0.25, 0.3) is 0 Å². The zero-order valence-electron chi connectivity index (χ0n) is 37.5. The number of sulfone groups is 1. The lowest BCUT2D eigenvalue weighted by molar-refractivity contribution is -0.0328. The second-order valence-corrected chi connectivity index (χ2v) is 20.8. The molecule has 5 aromatic carbocycles. The first-order valence-electron chi connectivity index (χ1n) is 21.3. The summed E-state index contributed by atoms with van der Waals surface area (Å²) < 4.78 is 86.1. The van der Waals surface area contributed by atoms with Crippen molar-refractivity contribution in [2.75, 3.05) is 58.4 Å². The van der Waals surface area contributed by atoms with Gasteiger partial charge in [-0.25, -0.2) is 12.8 Å². The lowest BCUT2D eigenvalue weighted by Crippen LogP contribution is -2.46. The van der Waals surface area contributed by atoms with Crippen molar-refractivity contribution in [2.45, 2.75) is 79.1 Å². The summed E-state index contributed by atoms with van der Waals surface area (Å²) in [5, 5.41) is 0.550. The van der Waals surface area contributed by atoms with E-state index in [-0.39, 0.29) is 33.3 Å². The summed E-state index contributed by atoms with van der Waals surface area (Å²) in [7, 11) is -3.72. The molecule has 1 aliphatic heterocycles. The van der Waals surface area contributed by atoms with Gasteiger partial charge in [-0.05, 0) is 153 Å². The molecule has 348 valence electrons. The number of hydrogen-bond acceptors (Lipinski definition) is 9. The topological polar surface area (TPSA) is 83.6 Å². The Morgan fingerprint density at radius 3 is 1.98 bits per heavy atom. The fourth-order valence-electron chi connectivity index (χ4n) is 7.45. The molecule has 0 unspecified atom stereocenters. The predicted octanol–water partition coefficient (Wildman–Crippen LogP) is 14.8. The van der Waals surface area contributed by atoms with Gasteiger partial charge in [0.05, 0.1) is 10.6 Å². The number of nitrogens with two attached hydrogens (primary N) is 1. The molecule has 0 spiro atoms. The van der Waals surface area contributed by atoms with Crippen molar-refractivity contribution in [3.8, 4) is 22.4 Å². The minimum absolute atomic E-state index is 0.0464. The molecule has 0 aliphatic carbocycles. The number of alkyl halides is 3. The number of rotatable bonds is 13. The van der Waals surface area contributed by atoms with Crippen LogP contribution in [-0.4, -0.2) is 56.7 Å². The van der Waals surface area contributed by atoms with E-state index in [0.717, 1.165) is 16.9 Å². The first kappa shape index (κ1) is 51.6. The molecule has 0 amide bonds. The number of nitrogens with one attached hydrogen (secondary N) is 1. The highest BCUT2D eigenvalue weighted by Gasteiger charge is 2.32. The van der Waals surface area contributed by atoms with Crippen LogP contribution in [0.4, 0.5) is 40.3 Å². The van der Waals surface area contributed by atoms with Gasteiger partial charge < -0.3 is 24.8 Å². The molecule has 0 bridgehead atoms. The molecule has 6 aromatic rings. The molecule has 7 rings (SSSR count). The molecule has 0 atom stereocenters. The second kappa shape index (κ2) is 23.4. The Labute approximate surface area is 399 Å². The Hall–Kier alpha value is -4.41. The van der Waals surface area contributed by atoms with Crippen LogP contribution in [0.1, 0.15) is 52.8 Å². The normalized spacial score (nSPS) is 12.9. The average molecular weight is 987 g/mol. The smallest absolute Gasteiger partial charge is 0.398 e. The minimum Gasteiger partial charge on any atom is -0.398 e. The number of anilines is 4. The van der Waals surface area contributed by atoms with Gasteiger partial charge in [-0.2, -0.15) is 13.2 Å². The lowest BCUT2D eigenvalue weighted by Gasteiger charge is -2.37. The lowest BCUT2D eigenvalue weighted by atomic mass is 9.99. The summed E-state index contributed by atoms with van der Waals surface area (Å²) in [6.45, 7) is 14.5. The molecule has 65 heavy (non-hydrogen) atoms. The van der Waals surface area contributed by atoms with Crippen molar-refractivity contribution < 1.29 is 26.0 Å². The number of aromatic nitrogens is 1. The molecule has 1 fully saturated rings. The minimum atomic E-state index is -4.43. The van der Waals surface area contributed by atoms with E-state index in [1.54, 1.807) is 25.1 Å². The Morgan fingerprint density at radius 1 is 0.800 bits per heavy atom. The van der Waals surface area contributed by atoms with Gasteiger partial charge in [0, 0.05) is 92.2 Å². The van der Waals surface area contributed by atoms with E-state index < -0.39 is 21.2 Å². The van der Waals surface area contributed by atoms with Crippen LogP contribution >= 0.6 is 47.1 Å². The Morgan fingerprint density at radius 2 is 1.42 bits per heavy atom. The largest absolute Gasteiger partial charge is 0.446 e. The molecule has 1 aromatic heterocycles. The highest BCUT2D eigenvalue weighted by Crippen LogP contribution is 2.45. The van der Waals surface area contributed by atoms with Crippen LogP contribution in [0.3, 0.4) is 0 Å². The van der Waals surface area contributed by atoms with Gasteiger partial charge >= 0.3 is 5.51 Å². The van der Waals surface area contributed by atoms with Gasteiger partial charge in [0.1, 0.15) is 5.82 Å². The summed E-state index contributed by atoms with van der Waals surface area (Å²) in [6, 6.07) is 34.7. The van der Waals surface area contributed by atoms with Crippen LogP contribution in [0.5, 0.6) is 0 Å². The maximum Gasteiger partial charge on any atom is 0.446 e. The van der Waals surface area contributed by atoms with Gasteiger partial charge in [-0.3, -0.25) is 0 Å². The number of nitrogen functional groups attached to an aromatic ring is 1. The van der Waals surface area contributed by atoms with Crippen LogP contribution in [0.15, 0.2) is 135 Å². The zero-order chi connectivity index (χ0) is 47.5. The van der Waals surface area contributed by atoms with Crippen molar-refractivity contribution in [3.63, 3.8) is 0 Å². The standard InChI is InChI=1S/C38H38ClF4N5O2S3.C9H12S.C2H6/c1-23(2)48-24(3)37(53(4,49)50)35(36(48)25-5-7-27(39)8-6-25)26-19-28(40)21-31(20-26)47-17-15-46(16-18-47)30-11-9-29(10-12-30)45-52-32-13-14-33(44)34(22-32)51-38(41,42)43;1-2-8-10-9-6-4-3-5-7-9;1-2/h5-14,19-23,45H,15-18,44H2,1-4H3;3-7H,2,8H2,1H3;1-2H3. The second-order valence-electron chi connectivity index (χ2n) is 15.2. The van der Waals surface area contributed by atoms with E-state index in [4.69, 9.17) is 17.3 Å². The number of hydrogen-bond donors (Lipinski definition) is 2. The Kier molecular flexibility index (Phi) is 18.5. The third-order valence-corrected chi connectivity index (χ3v) is 14.5. The van der Waals surface area contributed by atoms with E-state index in [1.807, 2.05) is 86.5 Å². The van der Waals surface area contributed by atoms with Crippen LogP contribution in [0.2, 0.25) is 5.02 Å². The number of nitrogens with zero attached hydrogens (tertiary/aromatic N) is 3. The van der Waals surface area contributed by atoms with Crippen LogP contribution < -0.4 is 20.3 Å². The maximum absolute atomic E-state index is 15.5. The van der Waals surface area contributed by atoms with Crippen molar-refractivity contribution in [3.05, 3.63) is 132 Å². The third kappa shape index (κ3) is 14.1. The predicted molar refractivity (Wildman–Crippen MR) is 270 cm³/mol. The number of piperazine rings is 1. The Balaban J connectivity index is 0.000000579. The summed E-state index contributed by atoms with van der Waals surface area (Å²) in [4.78, 5) is 6.42. The first-order chi connectivity index (χ1) is 30.9. The summed E-state index contributed by atoms with van der Waals surface area (Å²) in [5.74, 6) is 0.760. The molecular weight excluding hydrogens is 930 g/mol. The number of halogens is 5. The molecule has 7 nitrogen and oxygen atoms in total. The molecule has 16 heteroatoms. The molecule has 1 aliphatic rings.